The van der Waals surface area contributed by atoms with Gasteiger partial charge < -0.3 is 25.2 Å². The minimum atomic E-state index is -0.308. The van der Waals surface area contributed by atoms with Gasteiger partial charge >= 0.3 is 0 Å². The molecular formula is C28H39N7O. The molecular weight excluding hydrogens is 450 g/mol. The fraction of sp³-hybridized carbons (Fsp3) is 0.464. The van der Waals surface area contributed by atoms with Crippen LogP contribution in [0.3, 0.4) is 0 Å². The molecule has 0 amide bonds. The van der Waals surface area contributed by atoms with Gasteiger partial charge in [0.25, 0.3) is 0 Å². The molecule has 3 aromatic rings. The van der Waals surface area contributed by atoms with Gasteiger partial charge in [-0.2, -0.15) is 0 Å². The van der Waals surface area contributed by atoms with Crippen LogP contribution in [0, 0.1) is 0 Å². The summed E-state index contributed by atoms with van der Waals surface area (Å²) in [6, 6.07) is 12.7. The van der Waals surface area contributed by atoms with Crippen molar-refractivity contribution in [1.29, 1.82) is 0 Å². The Morgan fingerprint density at radius 1 is 1.14 bits per heavy atom. The van der Waals surface area contributed by atoms with Gasteiger partial charge in [-0.15, -0.1) is 0 Å². The highest BCUT2D eigenvalue weighted by Gasteiger charge is 2.30. The van der Waals surface area contributed by atoms with Crippen LogP contribution in [0.4, 0.5) is 17.5 Å². The van der Waals surface area contributed by atoms with Gasteiger partial charge in [0.05, 0.1) is 12.3 Å². The van der Waals surface area contributed by atoms with E-state index in [1.54, 1.807) is 7.11 Å². The molecule has 3 heterocycles. The van der Waals surface area contributed by atoms with Gasteiger partial charge in [0.15, 0.2) is 0 Å². The molecule has 2 N–H and O–H groups in total. The third-order valence-electron chi connectivity index (χ3n) is 6.83. The molecule has 0 saturated heterocycles. The summed E-state index contributed by atoms with van der Waals surface area (Å²) in [5, 5.41) is 6.55. The van der Waals surface area contributed by atoms with Crippen LogP contribution in [-0.4, -0.2) is 67.8 Å². The van der Waals surface area contributed by atoms with Gasteiger partial charge in [-0.05, 0) is 74.4 Å². The number of aromatic nitrogens is 3. The lowest BCUT2D eigenvalue weighted by Gasteiger charge is -2.34. The minimum absolute atomic E-state index is 0.308. The van der Waals surface area contributed by atoms with E-state index in [4.69, 9.17) is 9.72 Å². The van der Waals surface area contributed by atoms with Crippen LogP contribution in [0.25, 0.3) is 0 Å². The Labute approximate surface area is 215 Å². The van der Waals surface area contributed by atoms with E-state index in [2.05, 4.69) is 69.6 Å². The quantitative estimate of drug-likeness (QED) is 0.446. The number of likely N-dealkylation sites (N-methyl/N-ethyl adjacent to an activating group) is 1. The Bertz CT molecular complexity index is 1140. The molecule has 2 aromatic heterocycles. The molecule has 1 aliphatic rings. The van der Waals surface area contributed by atoms with Crippen LogP contribution in [0.5, 0.6) is 0 Å². The number of methoxy groups -OCH3 is 1. The van der Waals surface area contributed by atoms with Crippen LogP contribution in [0.15, 0.2) is 48.8 Å². The topological polar surface area (TPSA) is 78.4 Å². The number of nitrogens with one attached hydrogen (secondary N) is 2. The van der Waals surface area contributed by atoms with Crippen molar-refractivity contribution in [3.05, 3.63) is 71.2 Å². The van der Waals surface area contributed by atoms with Crippen LogP contribution < -0.4 is 15.5 Å². The van der Waals surface area contributed by atoms with Crippen molar-refractivity contribution < 1.29 is 4.74 Å². The van der Waals surface area contributed by atoms with E-state index in [1.165, 1.54) is 17.5 Å². The third kappa shape index (κ3) is 6.37. The normalized spacial score (nSPS) is 15.6. The molecule has 1 aliphatic heterocycles. The van der Waals surface area contributed by atoms with Crippen LogP contribution >= 0.6 is 0 Å². The van der Waals surface area contributed by atoms with Gasteiger partial charge in [-0.1, -0.05) is 19.1 Å². The number of nitrogens with zero attached hydrogens (tertiary/aromatic N) is 5. The van der Waals surface area contributed by atoms with Crippen molar-refractivity contribution >= 4 is 17.5 Å². The van der Waals surface area contributed by atoms with Crippen LogP contribution in [-0.2, 0) is 29.7 Å². The summed E-state index contributed by atoms with van der Waals surface area (Å²) in [6.07, 6.45) is 6.15. The maximum atomic E-state index is 5.63. The lowest BCUT2D eigenvalue weighted by atomic mass is 9.84. The Hall–Kier alpha value is -3.07. The summed E-state index contributed by atoms with van der Waals surface area (Å²) in [5.74, 6) is 1.52. The van der Waals surface area contributed by atoms with E-state index >= 15 is 0 Å². The third-order valence-corrected chi connectivity index (χ3v) is 6.83. The van der Waals surface area contributed by atoms with Gasteiger partial charge in [-0.3, -0.25) is 0 Å². The first kappa shape index (κ1) is 26.0. The summed E-state index contributed by atoms with van der Waals surface area (Å²) in [4.78, 5) is 18.6. The first-order valence-corrected chi connectivity index (χ1v) is 12.6. The van der Waals surface area contributed by atoms with Gasteiger partial charge in [0.2, 0.25) is 5.95 Å². The molecule has 8 heteroatoms. The molecule has 0 spiro atoms. The average Bonchev–Trinajstić information content (AvgIpc) is 3.05. The number of aryl methyl sites for hydroxylation is 1. The van der Waals surface area contributed by atoms with Crippen molar-refractivity contribution in [3.8, 4) is 0 Å². The SMILES string of the molecule is CNCc1cccc(N(C)C[C@](C)(COC)c2cnc(Nc3ccc4c(c3)CN(C)CCC4)nc2)n1. The van der Waals surface area contributed by atoms with Gasteiger partial charge in [0, 0.05) is 57.3 Å². The molecule has 192 valence electrons. The maximum Gasteiger partial charge on any atom is 0.227 e. The summed E-state index contributed by atoms with van der Waals surface area (Å²) >= 11 is 0. The van der Waals surface area contributed by atoms with E-state index in [-0.39, 0.29) is 5.41 Å². The minimum Gasteiger partial charge on any atom is -0.384 e. The molecule has 4 rings (SSSR count). The molecule has 1 atom stereocenters. The summed E-state index contributed by atoms with van der Waals surface area (Å²) < 4.78 is 5.63. The van der Waals surface area contributed by atoms with E-state index in [9.17, 15) is 0 Å². The van der Waals surface area contributed by atoms with E-state index in [0.29, 0.717) is 19.1 Å². The second kappa shape index (κ2) is 11.8. The van der Waals surface area contributed by atoms with Gasteiger partial charge in [-0.25, -0.2) is 15.0 Å². The number of ether oxygens (including phenoxy) is 1. The first-order chi connectivity index (χ1) is 17.4. The molecule has 36 heavy (non-hydrogen) atoms. The smallest absolute Gasteiger partial charge is 0.227 e. The molecule has 1 aromatic carbocycles. The number of hydrogen-bond acceptors (Lipinski definition) is 8. The second-order valence-electron chi connectivity index (χ2n) is 10.1. The zero-order valence-electron chi connectivity index (χ0n) is 22.2. The van der Waals surface area contributed by atoms with E-state index in [1.807, 2.05) is 37.6 Å². The van der Waals surface area contributed by atoms with Crippen molar-refractivity contribution in [2.75, 3.05) is 58.2 Å². The summed E-state index contributed by atoms with van der Waals surface area (Å²) in [6.45, 7) is 6.28. The Morgan fingerprint density at radius 2 is 1.94 bits per heavy atom. The van der Waals surface area contributed by atoms with Crippen LogP contribution in [0.1, 0.15) is 35.7 Å². The largest absolute Gasteiger partial charge is 0.384 e. The highest BCUT2D eigenvalue weighted by atomic mass is 16.5. The Balaban J connectivity index is 1.48. The zero-order chi connectivity index (χ0) is 25.5. The van der Waals surface area contributed by atoms with Crippen molar-refractivity contribution in [3.63, 3.8) is 0 Å². The second-order valence-corrected chi connectivity index (χ2v) is 10.1. The lowest BCUT2D eigenvalue weighted by molar-refractivity contribution is 0.140. The zero-order valence-corrected chi connectivity index (χ0v) is 22.2. The van der Waals surface area contributed by atoms with Gasteiger partial charge in [0.1, 0.15) is 5.82 Å². The molecule has 8 nitrogen and oxygen atoms in total. The predicted molar refractivity (Wildman–Crippen MR) is 146 cm³/mol. The predicted octanol–water partition coefficient (Wildman–Crippen LogP) is 3.75. The summed E-state index contributed by atoms with van der Waals surface area (Å²) in [7, 11) is 7.90. The fourth-order valence-corrected chi connectivity index (χ4v) is 4.94. The molecule has 0 aliphatic carbocycles. The average molecular weight is 490 g/mol. The van der Waals surface area contributed by atoms with E-state index < -0.39 is 0 Å². The maximum absolute atomic E-state index is 5.63. The monoisotopic (exact) mass is 489 g/mol. The van der Waals surface area contributed by atoms with Crippen LogP contribution in [0.2, 0.25) is 0 Å². The summed E-state index contributed by atoms with van der Waals surface area (Å²) in [5.41, 5.74) is 5.56. The molecule has 0 fully saturated rings. The highest BCUT2D eigenvalue weighted by Crippen LogP contribution is 2.28. The number of hydrogen-bond donors (Lipinski definition) is 2. The number of pyridine rings is 1. The molecule has 0 bridgehead atoms. The molecule has 0 unspecified atom stereocenters. The number of benzene rings is 1. The first-order valence-electron chi connectivity index (χ1n) is 12.6. The fourth-order valence-electron chi connectivity index (χ4n) is 4.94. The number of rotatable bonds is 10. The highest BCUT2D eigenvalue weighted by molar-refractivity contribution is 5.56. The lowest BCUT2D eigenvalue weighted by Crippen LogP contribution is -2.41. The molecule has 0 saturated carbocycles. The Kier molecular flexibility index (Phi) is 8.51. The van der Waals surface area contributed by atoms with Crippen molar-refractivity contribution in [2.24, 2.45) is 0 Å². The van der Waals surface area contributed by atoms with E-state index in [0.717, 1.165) is 48.8 Å². The Morgan fingerprint density at radius 3 is 2.69 bits per heavy atom. The number of anilines is 3. The molecule has 0 radical (unpaired) electrons. The van der Waals surface area contributed by atoms with Crippen molar-refractivity contribution in [2.45, 2.75) is 38.3 Å². The standard InChI is InChI=1S/C28H39N7O/c1-28(20-36-5,19-35(4)26-10-6-9-25(32-26)17-29-2)23-15-30-27(31-16-23)33-24-12-11-21-8-7-13-34(3)18-22(21)14-24/h6,9-12,14-16,29H,7-8,13,17-20H2,1-5H3,(H,30,31,33)/t28-/m1/s1. The van der Waals surface area contributed by atoms with Crippen molar-refractivity contribution in [1.82, 2.24) is 25.2 Å². The number of fused-ring (bicyclic) bond motifs is 1.